The predicted molar refractivity (Wildman–Crippen MR) is 110 cm³/mol. The molecule has 0 radical (unpaired) electrons. The lowest BCUT2D eigenvalue weighted by molar-refractivity contribution is -0.138. The molecule has 1 heterocycles. The molecule has 2 aromatic rings. The van der Waals surface area contributed by atoms with Crippen molar-refractivity contribution in [1.29, 1.82) is 0 Å². The summed E-state index contributed by atoms with van der Waals surface area (Å²) < 4.78 is 25.1. The number of benzene rings is 2. The van der Waals surface area contributed by atoms with Crippen LogP contribution in [-0.4, -0.2) is 30.0 Å². The molecule has 2 aromatic carbocycles. The second-order valence-electron chi connectivity index (χ2n) is 7.47. The Labute approximate surface area is 175 Å². The second kappa shape index (κ2) is 9.11. The third-order valence-corrected chi connectivity index (χ3v) is 5.89. The highest BCUT2D eigenvalue weighted by molar-refractivity contribution is 6.32. The minimum atomic E-state index is -0.905. The van der Waals surface area contributed by atoms with Crippen LogP contribution in [0.3, 0.4) is 0 Å². The number of rotatable bonds is 7. The maximum absolute atomic E-state index is 13.5. The van der Waals surface area contributed by atoms with Gasteiger partial charge < -0.3 is 20.5 Å². The summed E-state index contributed by atoms with van der Waals surface area (Å²) in [5.41, 5.74) is 7.29. The van der Waals surface area contributed by atoms with E-state index in [1.165, 1.54) is 12.1 Å². The van der Waals surface area contributed by atoms with Gasteiger partial charge in [0, 0.05) is 19.0 Å². The number of hydrogen-bond donors (Lipinski definition) is 2. The number of hydrogen-bond acceptors (Lipinski definition) is 4. The molecule has 5 nitrogen and oxygen atoms in total. The van der Waals surface area contributed by atoms with Crippen molar-refractivity contribution >= 4 is 17.5 Å². The molecule has 3 unspecified atom stereocenters. The fourth-order valence-corrected chi connectivity index (χ4v) is 4.10. The largest absolute Gasteiger partial charge is 0.497 e. The van der Waals surface area contributed by atoms with E-state index < -0.39 is 11.0 Å². The minimum absolute atomic E-state index is 0.0852. The van der Waals surface area contributed by atoms with Crippen LogP contribution in [0, 0.1) is 5.82 Å². The topological polar surface area (TPSA) is 73.6 Å². The van der Waals surface area contributed by atoms with Gasteiger partial charge in [-0.05, 0) is 54.3 Å². The van der Waals surface area contributed by atoms with E-state index in [1.54, 1.807) is 13.2 Å². The number of nitrogens with one attached hydrogen (secondary N) is 1. The van der Waals surface area contributed by atoms with Gasteiger partial charge in [-0.15, -0.1) is 11.6 Å². The van der Waals surface area contributed by atoms with Crippen molar-refractivity contribution in [2.45, 2.75) is 49.9 Å². The van der Waals surface area contributed by atoms with Gasteiger partial charge in [-0.3, -0.25) is 4.79 Å². The van der Waals surface area contributed by atoms with Crippen molar-refractivity contribution < 1.29 is 18.7 Å². The van der Waals surface area contributed by atoms with Crippen LogP contribution < -0.4 is 15.8 Å². The summed E-state index contributed by atoms with van der Waals surface area (Å²) in [4.78, 5) is 12.5. The summed E-state index contributed by atoms with van der Waals surface area (Å²) in [5, 5.41) is 2.02. The summed E-state index contributed by atoms with van der Waals surface area (Å²) in [7, 11) is 1.61. The van der Waals surface area contributed by atoms with Gasteiger partial charge in [0.05, 0.1) is 19.3 Å². The molecule has 7 heteroatoms. The van der Waals surface area contributed by atoms with Crippen molar-refractivity contribution in [3.8, 4) is 5.75 Å². The molecule has 1 amide bonds. The summed E-state index contributed by atoms with van der Waals surface area (Å²) in [6, 6.07) is 12.0. The zero-order valence-electron chi connectivity index (χ0n) is 16.6. The molecule has 1 aliphatic rings. The van der Waals surface area contributed by atoms with Crippen molar-refractivity contribution in [1.82, 2.24) is 5.32 Å². The van der Waals surface area contributed by atoms with Gasteiger partial charge in [0.2, 0.25) is 5.91 Å². The van der Waals surface area contributed by atoms with Gasteiger partial charge in [0.15, 0.2) is 0 Å². The Balaban J connectivity index is 1.89. The molecular weight excluding hydrogens is 395 g/mol. The number of halogens is 2. The first-order valence-corrected chi connectivity index (χ1v) is 9.99. The van der Waals surface area contributed by atoms with E-state index in [1.807, 2.05) is 31.2 Å². The zero-order valence-corrected chi connectivity index (χ0v) is 17.3. The van der Waals surface area contributed by atoms with E-state index in [-0.39, 0.29) is 30.9 Å². The number of methoxy groups -OCH3 is 1. The van der Waals surface area contributed by atoms with Crippen LogP contribution in [0.2, 0.25) is 0 Å². The summed E-state index contributed by atoms with van der Waals surface area (Å²) in [6.45, 7) is 2.31. The van der Waals surface area contributed by atoms with Gasteiger partial charge in [-0.1, -0.05) is 18.2 Å². The van der Waals surface area contributed by atoms with Gasteiger partial charge in [-0.25, -0.2) is 4.39 Å². The lowest BCUT2D eigenvalue weighted by Gasteiger charge is -2.43. The van der Waals surface area contributed by atoms with Crippen LogP contribution in [-0.2, 0) is 29.1 Å². The molecule has 3 rings (SSSR count). The average molecular weight is 421 g/mol. The number of amides is 1. The Morgan fingerprint density at radius 3 is 2.62 bits per heavy atom. The van der Waals surface area contributed by atoms with Crippen LogP contribution in [0.1, 0.15) is 30.0 Å². The predicted octanol–water partition coefficient (Wildman–Crippen LogP) is 3.31. The third-order valence-electron chi connectivity index (χ3n) is 5.30. The Hall–Kier alpha value is -2.15. The minimum Gasteiger partial charge on any atom is -0.497 e. The quantitative estimate of drug-likeness (QED) is 0.674. The van der Waals surface area contributed by atoms with E-state index in [9.17, 15) is 9.18 Å². The van der Waals surface area contributed by atoms with Gasteiger partial charge in [0.1, 0.15) is 16.9 Å². The molecule has 0 spiro atoms. The Morgan fingerprint density at radius 2 is 1.97 bits per heavy atom. The normalized spacial score (nSPS) is 24.2. The summed E-state index contributed by atoms with van der Waals surface area (Å²) in [6.07, 6.45) is 1.01. The number of ether oxygens (including phenoxy) is 2. The molecule has 29 heavy (non-hydrogen) atoms. The molecule has 0 aromatic heterocycles. The first-order chi connectivity index (χ1) is 13.9. The zero-order chi connectivity index (χ0) is 21.0. The molecule has 0 bridgehead atoms. The highest BCUT2D eigenvalue weighted by atomic mass is 35.5. The van der Waals surface area contributed by atoms with E-state index >= 15 is 0 Å². The highest BCUT2D eigenvalue weighted by Crippen LogP contribution is 2.36. The second-order valence-corrected chi connectivity index (χ2v) is 7.91. The monoisotopic (exact) mass is 420 g/mol. The number of nitrogens with two attached hydrogens (primary N) is 1. The van der Waals surface area contributed by atoms with E-state index in [0.29, 0.717) is 18.4 Å². The van der Waals surface area contributed by atoms with Crippen molar-refractivity contribution in [3.63, 3.8) is 0 Å². The Bertz CT molecular complexity index is 862. The number of piperidine rings is 1. The molecular formula is C22H26ClFN2O3. The Morgan fingerprint density at radius 1 is 1.24 bits per heavy atom. The maximum Gasteiger partial charge on any atom is 0.241 e. The van der Waals surface area contributed by atoms with Crippen LogP contribution in [0.4, 0.5) is 4.39 Å². The number of alkyl halides is 1. The smallest absolute Gasteiger partial charge is 0.241 e. The number of carbonyl (C=O) groups excluding carboxylic acids is 1. The lowest BCUT2D eigenvalue weighted by Crippen LogP contribution is -2.60. The first kappa shape index (κ1) is 21.6. The summed E-state index contributed by atoms with van der Waals surface area (Å²) in [5.74, 6) is 0.153. The third kappa shape index (κ3) is 4.89. The van der Waals surface area contributed by atoms with E-state index in [0.717, 1.165) is 16.9 Å². The Kier molecular flexibility index (Phi) is 6.77. The van der Waals surface area contributed by atoms with Crippen molar-refractivity contribution in [2.75, 3.05) is 7.11 Å². The van der Waals surface area contributed by atoms with E-state index in [4.69, 9.17) is 26.8 Å². The van der Waals surface area contributed by atoms with Crippen LogP contribution in [0.5, 0.6) is 5.75 Å². The maximum atomic E-state index is 13.5. The molecule has 1 aliphatic heterocycles. The summed E-state index contributed by atoms with van der Waals surface area (Å²) >= 11 is 6.58. The molecule has 0 aliphatic carbocycles. The molecule has 1 saturated heterocycles. The highest BCUT2D eigenvalue weighted by Gasteiger charge is 2.48. The SMILES string of the molecule is COc1ccc(CC2(OCc3ccc(F)cc3CN)CC(C)NC(=O)C2Cl)cc1. The average Bonchev–Trinajstić information content (AvgIpc) is 2.71. The lowest BCUT2D eigenvalue weighted by atomic mass is 9.81. The first-order valence-electron chi connectivity index (χ1n) is 9.55. The van der Waals surface area contributed by atoms with Crippen molar-refractivity contribution in [3.05, 3.63) is 65.0 Å². The standard InChI is InChI=1S/C22H26ClFN2O3/c1-14-10-22(20(23)21(27)26-14,11-15-3-7-19(28-2)8-4-15)29-13-16-5-6-18(24)9-17(16)12-25/h3-9,14,20H,10-13,25H2,1-2H3,(H,26,27). The van der Waals surface area contributed by atoms with Crippen LogP contribution in [0.25, 0.3) is 0 Å². The van der Waals surface area contributed by atoms with Gasteiger partial charge >= 0.3 is 0 Å². The van der Waals surface area contributed by atoms with Crippen LogP contribution in [0.15, 0.2) is 42.5 Å². The van der Waals surface area contributed by atoms with Crippen LogP contribution >= 0.6 is 11.6 Å². The molecule has 3 atom stereocenters. The molecule has 3 N–H and O–H groups in total. The molecule has 1 fully saturated rings. The fourth-order valence-electron chi connectivity index (χ4n) is 3.81. The van der Waals surface area contributed by atoms with E-state index in [2.05, 4.69) is 5.32 Å². The van der Waals surface area contributed by atoms with Gasteiger partial charge in [0.25, 0.3) is 0 Å². The fraction of sp³-hybridized carbons (Fsp3) is 0.409. The van der Waals surface area contributed by atoms with Crippen molar-refractivity contribution in [2.24, 2.45) is 5.73 Å². The molecule has 0 saturated carbocycles. The molecule has 156 valence electrons. The van der Waals surface area contributed by atoms with Gasteiger partial charge in [-0.2, -0.15) is 0 Å². The number of carbonyl (C=O) groups is 1.